The monoisotopic (exact) mass is 357 g/mol. The summed E-state index contributed by atoms with van der Waals surface area (Å²) in [5.41, 5.74) is 3.83. The van der Waals surface area contributed by atoms with E-state index in [0.717, 1.165) is 5.01 Å². The fraction of sp³-hybridized carbons (Fsp3) is 0.214. The SMILES string of the molecule is C/C(=N\NC(=O)c1sc(C)nc1C)c1cc(Cl)cc(Cl)c1O. The third-order valence-corrected chi connectivity index (χ3v) is 4.43. The summed E-state index contributed by atoms with van der Waals surface area (Å²) in [5, 5.41) is 15.2. The van der Waals surface area contributed by atoms with Gasteiger partial charge in [-0.2, -0.15) is 5.10 Å². The number of hydrazone groups is 1. The summed E-state index contributed by atoms with van der Waals surface area (Å²) in [6.45, 7) is 5.22. The number of aromatic nitrogens is 1. The molecule has 1 amide bonds. The lowest BCUT2D eigenvalue weighted by Gasteiger charge is -2.07. The molecule has 0 saturated carbocycles. The quantitative estimate of drug-likeness (QED) is 0.645. The van der Waals surface area contributed by atoms with Crippen molar-refractivity contribution in [3.8, 4) is 5.75 Å². The second kappa shape index (κ2) is 6.64. The molecule has 0 radical (unpaired) electrons. The third kappa shape index (κ3) is 3.58. The first kappa shape index (κ1) is 16.7. The van der Waals surface area contributed by atoms with Crippen molar-refractivity contribution in [2.75, 3.05) is 0 Å². The smallest absolute Gasteiger partial charge is 0.283 e. The highest BCUT2D eigenvalue weighted by Crippen LogP contribution is 2.31. The lowest BCUT2D eigenvalue weighted by Crippen LogP contribution is -2.19. The minimum absolute atomic E-state index is 0.123. The second-order valence-electron chi connectivity index (χ2n) is 4.57. The molecule has 0 aliphatic rings. The summed E-state index contributed by atoms with van der Waals surface area (Å²) in [4.78, 5) is 16.8. The van der Waals surface area contributed by atoms with E-state index < -0.39 is 0 Å². The molecular formula is C14H13Cl2N3O2S. The number of rotatable bonds is 3. The van der Waals surface area contributed by atoms with Gasteiger partial charge in [-0.3, -0.25) is 4.79 Å². The minimum atomic E-state index is -0.352. The number of halogens is 2. The van der Waals surface area contributed by atoms with Gasteiger partial charge in [0.1, 0.15) is 10.6 Å². The van der Waals surface area contributed by atoms with Crippen LogP contribution < -0.4 is 5.43 Å². The number of benzene rings is 1. The Morgan fingerprint density at radius 1 is 1.36 bits per heavy atom. The Morgan fingerprint density at radius 3 is 2.64 bits per heavy atom. The predicted molar refractivity (Wildman–Crippen MR) is 89.4 cm³/mol. The third-order valence-electron chi connectivity index (χ3n) is 2.85. The van der Waals surface area contributed by atoms with Crippen LogP contribution in [0, 0.1) is 13.8 Å². The number of carbonyl (C=O) groups excluding carboxylic acids is 1. The van der Waals surface area contributed by atoms with Crippen molar-refractivity contribution in [2.24, 2.45) is 5.10 Å². The van der Waals surface area contributed by atoms with Crippen LogP contribution in [0.1, 0.15) is 32.9 Å². The highest BCUT2D eigenvalue weighted by Gasteiger charge is 2.14. The maximum atomic E-state index is 12.1. The van der Waals surface area contributed by atoms with Crippen molar-refractivity contribution < 1.29 is 9.90 Å². The number of carbonyl (C=O) groups is 1. The van der Waals surface area contributed by atoms with Crippen LogP contribution in [0.15, 0.2) is 17.2 Å². The normalized spacial score (nSPS) is 11.6. The maximum Gasteiger partial charge on any atom is 0.283 e. The van der Waals surface area contributed by atoms with E-state index in [4.69, 9.17) is 23.2 Å². The number of phenolic OH excluding ortho intramolecular Hbond substituents is 1. The Kier molecular flexibility index (Phi) is 5.05. The van der Waals surface area contributed by atoms with Gasteiger partial charge in [0.05, 0.1) is 21.4 Å². The number of aryl methyl sites for hydroxylation is 2. The summed E-state index contributed by atoms with van der Waals surface area (Å²) >= 11 is 13.1. The first-order valence-electron chi connectivity index (χ1n) is 6.26. The molecule has 22 heavy (non-hydrogen) atoms. The highest BCUT2D eigenvalue weighted by molar-refractivity contribution is 7.13. The van der Waals surface area contributed by atoms with Crippen LogP contribution >= 0.6 is 34.5 Å². The zero-order chi connectivity index (χ0) is 16.4. The molecule has 2 N–H and O–H groups in total. The van der Waals surface area contributed by atoms with Crippen molar-refractivity contribution in [2.45, 2.75) is 20.8 Å². The first-order chi connectivity index (χ1) is 10.3. The molecule has 1 aromatic heterocycles. The Bertz CT molecular complexity index is 772. The van der Waals surface area contributed by atoms with E-state index >= 15 is 0 Å². The molecule has 0 saturated heterocycles. The lowest BCUT2D eigenvalue weighted by atomic mass is 10.1. The Labute approximate surface area is 141 Å². The number of nitrogens with one attached hydrogen (secondary N) is 1. The zero-order valence-electron chi connectivity index (χ0n) is 12.1. The van der Waals surface area contributed by atoms with Crippen molar-refractivity contribution in [1.82, 2.24) is 10.4 Å². The van der Waals surface area contributed by atoms with Gasteiger partial charge in [-0.25, -0.2) is 10.4 Å². The number of hydrogen-bond acceptors (Lipinski definition) is 5. The molecule has 0 aliphatic heterocycles. The predicted octanol–water partition coefficient (Wildman–Crippen LogP) is 3.93. The van der Waals surface area contributed by atoms with Crippen LogP contribution in [0.5, 0.6) is 5.75 Å². The molecule has 0 unspecified atom stereocenters. The number of phenols is 1. The number of aromatic hydroxyl groups is 1. The van der Waals surface area contributed by atoms with E-state index in [1.807, 2.05) is 6.92 Å². The topological polar surface area (TPSA) is 74.6 Å². The van der Waals surface area contributed by atoms with Gasteiger partial charge in [-0.05, 0) is 32.9 Å². The van der Waals surface area contributed by atoms with E-state index in [1.165, 1.54) is 23.5 Å². The molecule has 5 nitrogen and oxygen atoms in total. The van der Waals surface area contributed by atoms with Crippen LogP contribution in [-0.4, -0.2) is 21.7 Å². The maximum absolute atomic E-state index is 12.1. The summed E-state index contributed by atoms with van der Waals surface area (Å²) < 4.78 is 0. The standard InChI is InChI=1S/C14H13Cl2N3O2S/c1-6(10-4-9(15)5-11(16)12(10)20)18-19-14(21)13-7(2)17-8(3)22-13/h4-5,20H,1-3H3,(H,19,21)/b18-6+. The molecule has 1 heterocycles. The Balaban J connectivity index is 2.23. The van der Waals surface area contributed by atoms with Crippen molar-refractivity contribution >= 4 is 46.2 Å². The van der Waals surface area contributed by atoms with Crippen molar-refractivity contribution in [3.63, 3.8) is 0 Å². The molecule has 0 aliphatic carbocycles. The van der Waals surface area contributed by atoms with E-state index in [2.05, 4.69) is 15.5 Å². The van der Waals surface area contributed by atoms with Crippen LogP contribution in [0.25, 0.3) is 0 Å². The average molecular weight is 358 g/mol. The molecule has 2 rings (SSSR count). The number of hydrogen-bond donors (Lipinski definition) is 2. The van der Waals surface area contributed by atoms with Gasteiger partial charge < -0.3 is 5.11 Å². The van der Waals surface area contributed by atoms with Gasteiger partial charge in [-0.15, -0.1) is 11.3 Å². The largest absolute Gasteiger partial charge is 0.506 e. The number of thiazole rings is 1. The van der Waals surface area contributed by atoms with Crippen LogP contribution in [0.3, 0.4) is 0 Å². The average Bonchev–Trinajstić information content (AvgIpc) is 2.78. The Morgan fingerprint density at radius 2 is 2.05 bits per heavy atom. The van der Waals surface area contributed by atoms with E-state index in [-0.39, 0.29) is 16.7 Å². The summed E-state index contributed by atoms with van der Waals surface area (Å²) in [6, 6.07) is 2.95. The molecular weight excluding hydrogens is 345 g/mol. The van der Waals surface area contributed by atoms with Crippen molar-refractivity contribution in [1.29, 1.82) is 0 Å². The van der Waals surface area contributed by atoms with Gasteiger partial charge in [0.25, 0.3) is 5.91 Å². The van der Waals surface area contributed by atoms with E-state index in [1.54, 1.807) is 13.8 Å². The number of amides is 1. The van der Waals surface area contributed by atoms with Gasteiger partial charge in [-0.1, -0.05) is 23.2 Å². The van der Waals surface area contributed by atoms with Gasteiger partial charge in [0, 0.05) is 10.6 Å². The molecule has 1 aromatic carbocycles. The number of nitrogens with zero attached hydrogens (tertiary/aromatic N) is 2. The first-order valence-corrected chi connectivity index (χ1v) is 7.84. The van der Waals surface area contributed by atoms with Gasteiger partial charge in [0.2, 0.25) is 0 Å². The summed E-state index contributed by atoms with van der Waals surface area (Å²) in [6.07, 6.45) is 0. The fourth-order valence-corrected chi connectivity index (χ4v) is 3.13. The lowest BCUT2D eigenvalue weighted by molar-refractivity contribution is 0.0958. The van der Waals surface area contributed by atoms with Gasteiger partial charge in [0.15, 0.2) is 0 Å². The second-order valence-corrected chi connectivity index (χ2v) is 6.62. The van der Waals surface area contributed by atoms with Gasteiger partial charge >= 0.3 is 0 Å². The minimum Gasteiger partial charge on any atom is -0.506 e. The molecule has 0 spiro atoms. The summed E-state index contributed by atoms with van der Waals surface area (Å²) in [5.74, 6) is -0.485. The highest BCUT2D eigenvalue weighted by atomic mass is 35.5. The zero-order valence-corrected chi connectivity index (χ0v) is 14.4. The molecule has 2 aromatic rings. The van der Waals surface area contributed by atoms with E-state index in [0.29, 0.717) is 26.9 Å². The van der Waals surface area contributed by atoms with Crippen LogP contribution in [-0.2, 0) is 0 Å². The Hall–Kier alpha value is -1.63. The molecule has 8 heteroatoms. The van der Waals surface area contributed by atoms with E-state index in [9.17, 15) is 9.90 Å². The van der Waals surface area contributed by atoms with Crippen LogP contribution in [0.2, 0.25) is 10.0 Å². The molecule has 116 valence electrons. The molecule has 0 atom stereocenters. The molecule has 0 bridgehead atoms. The van der Waals surface area contributed by atoms with Crippen molar-refractivity contribution in [3.05, 3.63) is 43.3 Å². The molecule has 0 fully saturated rings. The fourth-order valence-electron chi connectivity index (χ4n) is 1.83. The van der Waals surface area contributed by atoms with Crippen LogP contribution in [0.4, 0.5) is 0 Å². The summed E-state index contributed by atoms with van der Waals surface area (Å²) in [7, 11) is 0.